The van der Waals surface area contributed by atoms with E-state index in [1.54, 1.807) is 30.1 Å². The number of amides is 1. The molecular weight excluding hydrogens is 214 g/mol. The summed E-state index contributed by atoms with van der Waals surface area (Å²) in [5, 5.41) is 8.73. The van der Waals surface area contributed by atoms with Gasteiger partial charge in [-0.1, -0.05) is 26.8 Å². The molecule has 1 heterocycles. The molecule has 1 aromatic rings. The molecule has 0 aromatic carbocycles. The monoisotopic (exact) mass is 231 g/mol. The molecule has 90 valence electrons. The highest BCUT2D eigenvalue weighted by Gasteiger charge is 2.19. The van der Waals surface area contributed by atoms with Crippen molar-refractivity contribution in [1.82, 2.24) is 9.88 Å². The van der Waals surface area contributed by atoms with Gasteiger partial charge in [-0.25, -0.2) is 4.98 Å². The third kappa shape index (κ3) is 3.87. The maximum atomic E-state index is 12.0. The van der Waals surface area contributed by atoms with Crippen LogP contribution in [0.4, 0.5) is 0 Å². The molecule has 0 aliphatic carbocycles. The molecule has 0 spiro atoms. The van der Waals surface area contributed by atoms with Gasteiger partial charge in [0.1, 0.15) is 17.5 Å². The van der Waals surface area contributed by atoms with Crippen molar-refractivity contribution >= 4 is 5.91 Å². The molecule has 0 saturated heterocycles. The second-order valence-corrected chi connectivity index (χ2v) is 5.24. The Morgan fingerprint density at radius 2 is 2.12 bits per heavy atom. The standard InChI is InChI=1S/C13H17N3O/c1-13(2,3)9-16(4)12(17)11-7-5-6-10(8-14)15-11/h5-7H,9H2,1-4H3. The van der Waals surface area contributed by atoms with Gasteiger partial charge < -0.3 is 4.90 Å². The Balaban J connectivity index is 2.86. The summed E-state index contributed by atoms with van der Waals surface area (Å²) in [6.45, 7) is 6.84. The number of carbonyl (C=O) groups is 1. The summed E-state index contributed by atoms with van der Waals surface area (Å²) in [5.74, 6) is -0.156. The quantitative estimate of drug-likeness (QED) is 0.783. The zero-order chi connectivity index (χ0) is 13.1. The van der Waals surface area contributed by atoms with E-state index in [1.807, 2.05) is 6.07 Å². The van der Waals surface area contributed by atoms with Gasteiger partial charge in [-0.3, -0.25) is 4.79 Å². The summed E-state index contributed by atoms with van der Waals surface area (Å²) < 4.78 is 0. The maximum Gasteiger partial charge on any atom is 0.272 e. The summed E-state index contributed by atoms with van der Waals surface area (Å²) in [6.07, 6.45) is 0. The van der Waals surface area contributed by atoms with Gasteiger partial charge in [0, 0.05) is 13.6 Å². The minimum atomic E-state index is -0.156. The van der Waals surface area contributed by atoms with Crippen molar-refractivity contribution in [3.05, 3.63) is 29.6 Å². The van der Waals surface area contributed by atoms with E-state index in [1.165, 1.54) is 0 Å². The molecule has 17 heavy (non-hydrogen) atoms. The third-order valence-electron chi connectivity index (χ3n) is 2.14. The number of aromatic nitrogens is 1. The highest BCUT2D eigenvalue weighted by molar-refractivity contribution is 5.92. The van der Waals surface area contributed by atoms with Crippen molar-refractivity contribution in [2.75, 3.05) is 13.6 Å². The first-order valence-corrected chi connectivity index (χ1v) is 5.46. The van der Waals surface area contributed by atoms with Gasteiger partial charge >= 0.3 is 0 Å². The largest absolute Gasteiger partial charge is 0.340 e. The highest BCUT2D eigenvalue weighted by Crippen LogP contribution is 2.15. The zero-order valence-electron chi connectivity index (χ0n) is 10.7. The second kappa shape index (κ2) is 4.96. The number of nitrogens with zero attached hydrogens (tertiary/aromatic N) is 3. The molecule has 0 N–H and O–H groups in total. The van der Waals surface area contributed by atoms with Crippen LogP contribution in [0, 0.1) is 16.7 Å². The van der Waals surface area contributed by atoms with E-state index in [-0.39, 0.29) is 17.0 Å². The smallest absolute Gasteiger partial charge is 0.272 e. The minimum absolute atomic E-state index is 0.0389. The molecular formula is C13H17N3O. The topological polar surface area (TPSA) is 57.0 Å². The van der Waals surface area contributed by atoms with Crippen LogP contribution >= 0.6 is 0 Å². The van der Waals surface area contributed by atoms with Crippen LogP contribution < -0.4 is 0 Å². The van der Waals surface area contributed by atoms with Crippen molar-refractivity contribution in [2.24, 2.45) is 5.41 Å². The van der Waals surface area contributed by atoms with Crippen molar-refractivity contribution in [3.63, 3.8) is 0 Å². The lowest BCUT2D eigenvalue weighted by atomic mass is 9.96. The predicted molar refractivity (Wildman–Crippen MR) is 65.4 cm³/mol. The van der Waals surface area contributed by atoms with E-state index < -0.39 is 0 Å². The minimum Gasteiger partial charge on any atom is -0.340 e. The Morgan fingerprint density at radius 1 is 1.47 bits per heavy atom. The lowest BCUT2D eigenvalue weighted by Gasteiger charge is -2.26. The predicted octanol–water partition coefficient (Wildman–Crippen LogP) is 2.07. The van der Waals surface area contributed by atoms with Crippen molar-refractivity contribution in [2.45, 2.75) is 20.8 Å². The summed E-state index contributed by atoms with van der Waals surface area (Å²) in [5.41, 5.74) is 0.618. The summed E-state index contributed by atoms with van der Waals surface area (Å²) >= 11 is 0. The van der Waals surface area contributed by atoms with Gasteiger partial charge in [-0.2, -0.15) is 5.26 Å². The van der Waals surface area contributed by atoms with E-state index in [0.717, 1.165) is 0 Å². The molecule has 0 atom stereocenters. The van der Waals surface area contributed by atoms with Gasteiger partial charge in [0.25, 0.3) is 5.91 Å². The average Bonchev–Trinajstić information content (AvgIpc) is 2.26. The number of rotatable bonds is 2. The Bertz CT molecular complexity index is 454. The molecule has 0 radical (unpaired) electrons. The molecule has 0 unspecified atom stereocenters. The highest BCUT2D eigenvalue weighted by atomic mass is 16.2. The molecule has 1 rings (SSSR count). The lowest BCUT2D eigenvalue weighted by molar-refractivity contribution is 0.0740. The van der Waals surface area contributed by atoms with Crippen LogP contribution in [0.25, 0.3) is 0 Å². The van der Waals surface area contributed by atoms with Crippen LogP contribution in [0.2, 0.25) is 0 Å². The SMILES string of the molecule is CN(CC(C)(C)C)C(=O)c1cccc(C#N)n1. The van der Waals surface area contributed by atoms with Crippen LogP contribution in [0.5, 0.6) is 0 Å². The van der Waals surface area contributed by atoms with Gasteiger partial charge in [0.05, 0.1) is 0 Å². The van der Waals surface area contributed by atoms with E-state index in [2.05, 4.69) is 25.8 Å². The zero-order valence-corrected chi connectivity index (χ0v) is 10.7. The van der Waals surface area contributed by atoms with Crippen LogP contribution in [-0.4, -0.2) is 29.4 Å². The fourth-order valence-corrected chi connectivity index (χ4v) is 1.59. The molecule has 4 nitrogen and oxygen atoms in total. The molecule has 0 saturated carbocycles. The van der Waals surface area contributed by atoms with Crippen LogP contribution in [0.1, 0.15) is 37.0 Å². The second-order valence-electron chi connectivity index (χ2n) is 5.24. The normalized spacial score (nSPS) is 10.8. The van der Waals surface area contributed by atoms with Gasteiger partial charge in [-0.05, 0) is 17.5 Å². The summed E-state index contributed by atoms with van der Waals surface area (Å²) in [7, 11) is 1.74. The number of carbonyl (C=O) groups excluding carboxylic acids is 1. The number of hydrogen-bond acceptors (Lipinski definition) is 3. The molecule has 0 aliphatic heterocycles. The molecule has 1 aromatic heterocycles. The van der Waals surface area contributed by atoms with E-state index in [9.17, 15) is 4.79 Å². The molecule has 4 heteroatoms. The Morgan fingerprint density at radius 3 is 2.65 bits per heavy atom. The first-order chi connectivity index (χ1) is 7.83. The van der Waals surface area contributed by atoms with Gasteiger partial charge in [0.2, 0.25) is 0 Å². The third-order valence-corrected chi connectivity index (χ3v) is 2.14. The number of pyridine rings is 1. The number of nitriles is 1. The maximum absolute atomic E-state index is 12.0. The van der Waals surface area contributed by atoms with E-state index >= 15 is 0 Å². The average molecular weight is 231 g/mol. The molecule has 1 amide bonds. The molecule has 0 aliphatic rings. The Hall–Kier alpha value is -1.89. The van der Waals surface area contributed by atoms with Crippen molar-refractivity contribution in [3.8, 4) is 6.07 Å². The van der Waals surface area contributed by atoms with E-state index in [4.69, 9.17) is 5.26 Å². The molecule has 0 fully saturated rings. The fraction of sp³-hybridized carbons (Fsp3) is 0.462. The van der Waals surface area contributed by atoms with Crippen LogP contribution in [0.15, 0.2) is 18.2 Å². The van der Waals surface area contributed by atoms with Crippen molar-refractivity contribution < 1.29 is 4.79 Å². The first kappa shape index (κ1) is 13.2. The lowest BCUT2D eigenvalue weighted by Crippen LogP contribution is -2.35. The van der Waals surface area contributed by atoms with Gasteiger partial charge in [0.15, 0.2) is 0 Å². The van der Waals surface area contributed by atoms with E-state index in [0.29, 0.717) is 12.2 Å². The summed E-state index contributed by atoms with van der Waals surface area (Å²) in [4.78, 5) is 17.7. The van der Waals surface area contributed by atoms with Gasteiger partial charge in [-0.15, -0.1) is 0 Å². The first-order valence-electron chi connectivity index (χ1n) is 5.46. The number of hydrogen-bond donors (Lipinski definition) is 0. The summed E-state index contributed by atoms with van der Waals surface area (Å²) in [6, 6.07) is 6.81. The van der Waals surface area contributed by atoms with Crippen molar-refractivity contribution in [1.29, 1.82) is 5.26 Å². The Kier molecular flexibility index (Phi) is 3.84. The Labute approximate surface area is 102 Å². The van der Waals surface area contributed by atoms with Crippen LogP contribution in [0.3, 0.4) is 0 Å². The van der Waals surface area contributed by atoms with Crippen LogP contribution in [-0.2, 0) is 0 Å². The molecule has 0 bridgehead atoms. The fourth-order valence-electron chi connectivity index (χ4n) is 1.59.